The van der Waals surface area contributed by atoms with Crippen LogP contribution >= 0.6 is 0 Å². The molecule has 8 nitrogen and oxygen atoms in total. The van der Waals surface area contributed by atoms with E-state index in [1.165, 1.54) is 17.0 Å². The van der Waals surface area contributed by atoms with Crippen LogP contribution in [0.3, 0.4) is 0 Å². The average molecular weight is 396 g/mol. The van der Waals surface area contributed by atoms with Crippen LogP contribution in [0.1, 0.15) is 5.56 Å². The monoisotopic (exact) mass is 396 g/mol. The molecule has 148 valence electrons. The predicted octanol–water partition coefficient (Wildman–Crippen LogP) is 1.71. The number of benzene rings is 2. The number of amides is 3. The van der Waals surface area contributed by atoms with Crippen LogP contribution in [0.4, 0.5) is 15.8 Å². The third-order valence-corrected chi connectivity index (χ3v) is 4.81. The summed E-state index contributed by atoms with van der Waals surface area (Å²) in [5.74, 6) is -2.38. The molecular formula is C20H19FN5O3+. The first-order chi connectivity index (χ1) is 13.9. The van der Waals surface area contributed by atoms with Crippen LogP contribution in [0.25, 0.3) is 0 Å². The zero-order chi connectivity index (χ0) is 20.5. The first-order valence-electron chi connectivity index (χ1n) is 9.14. The van der Waals surface area contributed by atoms with Gasteiger partial charge in [0.25, 0.3) is 18.7 Å². The summed E-state index contributed by atoms with van der Waals surface area (Å²) in [7, 11) is 0. The van der Waals surface area contributed by atoms with E-state index in [-0.39, 0.29) is 12.4 Å². The zero-order valence-electron chi connectivity index (χ0n) is 15.7. The Kier molecular flexibility index (Phi) is 4.79. The van der Waals surface area contributed by atoms with E-state index >= 15 is 0 Å². The van der Waals surface area contributed by atoms with Gasteiger partial charge in [-0.1, -0.05) is 12.1 Å². The summed E-state index contributed by atoms with van der Waals surface area (Å²) in [6, 6.07) is 13.1. The molecule has 1 N–H and O–H groups in total. The van der Waals surface area contributed by atoms with Crippen LogP contribution < -0.4 is 10.2 Å². The van der Waals surface area contributed by atoms with Crippen LogP contribution in [0.5, 0.6) is 0 Å². The zero-order valence-corrected chi connectivity index (χ0v) is 15.7. The summed E-state index contributed by atoms with van der Waals surface area (Å²) >= 11 is 0. The van der Waals surface area contributed by atoms with Gasteiger partial charge in [-0.25, -0.2) is 9.18 Å². The van der Waals surface area contributed by atoms with Gasteiger partial charge in [-0.3, -0.25) is 14.5 Å². The smallest absolute Gasteiger partial charge is 0.326 e. The van der Waals surface area contributed by atoms with E-state index in [1.54, 1.807) is 29.2 Å². The molecule has 0 aromatic heterocycles. The maximum Gasteiger partial charge on any atom is 0.502 e. The Hall–Kier alpha value is -3.62. The van der Waals surface area contributed by atoms with Crippen LogP contribution in [0.15, 0.2) is 53.6 Å². The Bertz CT molecular complexity index is 1020. The van der Waals surface area contributed by atoms with Gasteiger partial charge in [0.15, 0.2) is 0 Å². The van der Waals surface area contributed by atoms with Crippen molar-refractivity contribution in [3.05, 3.63) is 59.9 Å². The van der Waals surface area contributed by atoms with Gasteiger partial charge < -0.3 is 10.2 Å². The van der Waals surface area contributed by atoms with Crippen molar-refractivity contribution >= 4 is 29.1 Å². The molecule has 29 heavy (non-hydrogen) atoms. The minimum Gasteiger partial charge on any atom is -0.326 e. The predicted molar refractivity (Wildman–Crippen MR) is 102 cm³/mol. The molecule has 2 aromatic carbocycles. The van der Waals surface area contributed by atoms with Crippen LogP contribution in [0.2, 0.25) is 0 Å². The van der Waals surface area contributed by atoms with E-state index in [4.69, 9.17) is 0 Å². The number of carbonyl (C=O) groups excluding carboxylic acids is 3. The Morgan fingerprint density at radius 1 is 1.17 bits per heavy atom. The number of halogens is 1. The number of nitrogens with one attached hydrogen (secondary N) is 1. The minimum atomic E-state index is -0.846. The van der Waals surface area contributed by atoms with E-state index in [0.29, 0.717) is 24.5 Å². The van der Waals surface area contributed by atoms with Crippen molar-refractivity contribution in [2.45, 2.75) is 13.2 Å². The highest BCUT2D eigenvalue weighted by Gasteiger charge is 2.49. The lowest BCUT2D eigenvalue weighted by Crippen LogP contribution is -2.52. The van der Waals surface area contributed by atoms with Gasteiger partial charge in [0.2, 0.25) is 0 Å². The fraction of sp³-hybridized carbons (Fsp3) is 0.250. The number of carbonyl (C=O) groups is 3. The lowest BCUT2D eigenvalue weighted by atomic mass is 10.2. The van der Waals surface area contributed by atoms with Crippen molar-refractivity contribution in [1.82, 2.24) is 4.90 Å². The minimum absolute atomic E-state index is 0.319. The molecule has 0 saturated carbocycles. The van der Waals surface area contributed by atoms with Gasteiger partial charge in [-0.15, -0.1) is 0 Å². The molecule has 0 bridgehead atoms. The topological polar surface area (TPSA) is 85.1 Å². The van der Waals surface area contributed by atoms with Crippen molar-refractivity contribution < 1.29 is 23.5 Å². The third kappa shape index (κ3) is 3.71. The van der Waals surface area contributed by atoms with Gasteiger partial charge in [0.05, 0.1) is 0 Å². The summed E-state index contributed by atoms with van der Waals surface area (Å²) in [5.41, 5.74) is 2.25. The lowest BCUT2D eigenvalue weighted by Gasteiger charge is -2.26. The van der Waals surface area contributed by atoms with Crippen molar-refractivity contribution in [1.29, 1.82) is 0 Å². The van der Waals surface area contributed by atoms with E-state index in [1.807, 2.05) is 19.1 Å². The van der Waals surface area contributed by atoms with Gasteiger partial charge >= 0.3 is 11.8 Å². The Labute approximate surface area is 166 Å². The second-order valence-corrected chi connectivity index (χ2v) is 6.91. The molecule has 2 aromatic rings. The normalized spacial score (nSPS) is 18.6. The molecule has 2 aliphatic heterocycles. The van der Waals surface area contributed by atoms with Gasteiger partial charge in [-0.05, 0) is 53.6 Å². The molecule has 0 aliphatic carbocycles. The van der Waals surface area contributed by atoms with Gasteiger partial charge in [0, 0.05) is 29.6 Å². The molecule has 0 radical (unpaired) electrons. The Balaban J connectivity index is 1.55. The van der Waals surface area contributed by atoms with Crippen LogP contribution in [-0.4, -0.2) is 53.2 Å². The quantitative estimate of drug-likeness (QED) is 0.630. The largest absolute Gasteiger partial charge is 0.502 e. The van der Waals surface area contributed by atoms with Crippen molar-refractivity contribution in [2.75, 3.05) is 29.9 Å². The fourth-order valence-corrected chi connectivity index (χ4v) is 3.42. The SMILES string of the molecule is Cc1cccc(NC(=O)C[N+]2=NC3N(CCN3c3ccc(F)cc3)C(=O)C2=O)c1. The van der Waals surface area contributed by atoms with Gasteiger partial charge in [-0.2, -0.15) is 0 Å². The number of aryl methyl sites for hydroxylation is 1. The molecular weight excluding hydrogens is 377 g/mol. The standard InChI is InChI=1S/C20H18FN5O3/c1-13-3-2-4-15(11-13)22-17(27)12-26-19(29)18(28)25-10-9-24(20(25)23-26)16-7-5-14(21)6-8-16/h2-8,11,20H,9-10,12H2,1H3/p+1. The molecule has 3 amide bonds. The number of fused-ring (bicyclic) bond motifs is 1. The molecule has 2 aliphatic rings. The first kappa shape index (κ1) is 18.7. The number of rotatable bonds is 4. The molecule has 0 spiro atoms. The molecule has 2 heterocycles. The summed E-state index contributed by atoms with van der Waals surface area (Å²) in [5, 5.41) is 7.02. The van der Waals surface area contributed by atoms with Crippen molar-refractivity contribution in [2.24, 2.45) is 5.11 Å². The summed E-state index contributed by atoms with van der Waals surface area (Å²) in [6.45, 7) is 2.29. The highest BCUT2D eigenvalue weighted by atomic mass is 19.1. The molecule has 1 saturated heterocycles. The summed E-state index contributed by atoms with van der Waals surface area (Å²) in [6.07, 6.45) is -0.752. The van der Waals surface area contributed by atoms with E-state index in [2.05, 4.69) is 10.4 Å². The van der Waals surface area contributed by atoms with E-state index in [9.17, 15) is 18.8 Å². The van der Waals surface area contributed by atoms with Gasteiger partial charge in [0.1, 0.15) is 5.82 Å². The van der Waals surface area contributed by atoms with Crippen molar-refractivity contribution in [3.8, 4) is 0 Å². The maximum atomic E-state index is 13.2. The van der Waals surface area contributed by atoms with E-state index in [0.717, 1.165) is 10.3 Å². The third-order valence-electron chi connectivity index (χ3n) is 4.81. The number of azo groups is 2. The Morgan fingerprint density at radius 3 is 2.62 bits per heavy atom. The lowest BCUT2D eigenvalue weighted by molar-refractivity contribution is -0.509. The number of hydrogen-bond donors (Lipinski definition) is 1. The molecule has 9 heteroatoms. The number of nitrogens with zero attached hydrogens (tertiary/aromatic N) is 4. The number of hydrogen-bond acceptors (Lipinski definition) is 5. The second kappa shape index (κ2) is 7.42. The highest BCUT2D eigenvalue weighted by Crippen LogP contribution is 2.27. The molecule has 1 atom stereocenters. The Morgan fingerprint density at radius 2 is 1.90 bits per heavy atom. The van der Waals surface area contributed by atoms with E-state index < -0.39 is 24.0 Å². The molecule has 4 rings (SSSR count). The fourth-order valence-electron chi connectivity index (χ4n) is 3.42. The van der Waals surface area contributed by atoms with Crippen LogP contribution in [-0.2, 0) is 14.4 Å². The summed E-state index contributed by atoms with van der Waals surface area (Å²) < 4.78 is 14.1. The highest BCUT2D eigenvalue weighted by molar-refractivity contribution is 6.32. The van der Waals surface area contributed by atoms with Crippen molar-refractivity contribution in [3.63, 3.8) is 0 Å². The average Bonchev–Trinajstić information content (AvgIpc) is 3.10. The molecule has 1 unspecified atom stereocenters. The van der Waals surface area contributed by atoms with Crippen LogP contribution in [0, 0.1) is 12.7 Å². The maximum absolute atomic E-state index is 13.2. The summed E-state index contributed by atoms with van der Waals surface area (Å²) in [4.78, 5) is 40.4. The first-order valence-corrected chi connectivity index (χ1v) is 9.14. The number of anilines is 2. The second-order valence-electron chi connectivity index (χ2n) is 6.91. The molecule has 1 fully saturated rings.